The molecule has 0 aromatic heterocycles. The first-order valence-corrected chi connectivity index (χ1v) is 2.07. The molecule has 0 aromatic rings. The number of rotatable bonds is 0. The van der Waals surface area contributed by atoms with Gasteiger partial charge in [0.05, 0.1) is 11.9 Å². The third-order valence-electron chi connectivity index (χ3n) is 0.885. The van der Waals surface area contributed by atoms with Gasteiger partial charge in [-0.1, -0.05) is 6.58 Å². The SMILES string of the molecule is C=C1N=NC=C1C. The van der Waals surface area contributed by atoms with Gasteiger partial charge in [-0.3, -0.25) is 0 Å². The van der Waals surface area contributed by atoms with Gasteiger partial charge in [-0.25, -0.2) is 0 Å². The Bertz CT molecular complexity index is 153. The van der Waals surface area contributed by atoms with Crippen molar-refractivity contribution >= 4 is 0 Å². The molecule has 0 atom stereocenters. The smallest absolute Gasteiger partial charge is 0.0830 e. The maximum atomic E-state index is 3.66. The number of allylic oxidation sites excluding steroid dienone is 1. The van der Waals surface area contributed by atoms with Crippen molar-refractivity contribution in [3.8, 4) is 0 Å². The van der Waals surface area contributed by atoms with Crippen LogP contribution >= 0.6 is 0 Å². The van der Waals surface area contributed by atoms with Crippen molar-refractivity contribution < 1.29 is 0 Å². The molecule has 0 amide bonds. The largest absolute Gasteiger partial charge is 0.158 e. The molecule has 0 unspecified atom stereocenters. The third-order valence-corrected chi connectivity index (χ3v) is 0.885. The molecule has 0 aliphatic carbocycles. The van der Waals surface area contributed by atoms with Crippen molar-refractivity contribution in [1.29, 1.82) is 0 Å². The summed E-state index contributed by atoms with van der Waals surface area (Å²) in [7, 11) is 0. The second-order valence-corrected chi connectivity index (χ2v) is 1.47. The molecule has 0 fully saturated rings. The van der Waals surface area contributed by atoms with Gasteiger partial charge < -0.3 is 0 Å². The summed E-state index contributed by atoms with van der Waals surface area (Å²) in [6, 6.07) is 0. The second-order valence-electron chi connectivity index (χ2n) is 1.47. The Morgan fingerprint density at radius 3 is 2.57 bits per heavy atom. The van der Waals surface area contributed by atoms with Crippen LogP contribution in [-0.2, 0) is 0 Å². The fourth-order valence-corrected chi connectivity index (χ4v) is 0.339. The van der Waals surface area contributed by atoms with Crippen LogP contribution in [0.1, 0.15) is 6.92 Å². The summed E-state index contributed by atoms with van der Waals surface area (Å²) in [5.74, 6) is 0. The van der Waals surface area contributed by atoms with E-state index in [0.717, 1.165) is 11.3 Å². The highest BCUT2D eigenvalue weighted by molar-refractivity contribution is 5.26. The molecule has 2 nitrogen and oxygen atoms in total. The summed E-state index contributed by atoms with van der Waals surface area (Å²) in [5, 5.41) is 7.26. The van der Waals surface area contributed by atoms with Crippen LogP contribution in [0.3, 0.4) is 0 Å². The van der Waals surface area contributed by atoms with Gasteiger partial charge in [-0.15, -0.1) is 0 Å². The predicted octanol–water partition coefficient (Wildman–Crippen LogP) is 1.87. The molecule has 0 saturated heterocycles. The van der Waals surface area contributed by atoms with E-state index in [0.29, 0.717) is 0 Å². The molecule has 0 N–H and O–H groups in total. The molecule has 0 bridgehead atoms. The van der Waals surface area contributed by atoms with Crippen LogP contribution in [-0.4, -0.2) is 0 Å². The minimum absolute atomic E-state index is 0.778. The second kappa shape index (κ2) is 1.30. The van der Waals surface area contributed by atoms with Gasteiger partial charge in [0.1, 0.15) is 0 Å². The Morgan fingerprint density at radius 2 is 2.43 bits per heavy atom. The van der Waals surface area contributed by atoms with E-state index in [2.05, 4.69) is 16.8 Å². The van der Waals surface area contributed by atoms with Crippen molar-refractivity contribution in [3.63, 3.8) is 0 Å². The summed E-state index contributed by atoms with van der Waals surface area (Å²) < 4.78 is 0. The van der Waals surface area contributed by atoms with E-state index in [1.165, 1.54) is 0 Å². The Labute approximate surface area is 42.3 Å². The topological polar surface area (TPSA) is 24.7 Å². The van der Waals surface area contributed by atoms with E-state index in [-0.39, 0.29) is 0 Å². The lowest BCUT2D eigenvalue weighted by Gasteiger charge is -1.82. The Hall–Kier alpha value is -0.920. The molecule has 1 heterocycles. The number of nitrogens with zero attached hydrogens (tertiary/aromatic N) is 2. The monoisotopic (exact) mass is 94.1 g/mol. The van der Waals surface area contributed by atoms with Gasteiger partial charge in [0.2, 0.25) is 0 Å². The molecular weight excluding hydrogens is 88.1 g/mol. The van der Waals surface area contributed by atoms with Gasteiger partial charge in [-0.2, -0.15) is 10.2 Å². The molecule has 0 aromatic carbocycles. The number of hydrogen-bond donors (Lipinski definition) is 0. The lowest BCUT2D eigenvalue weighted by atomic mass is 10.3. The van der Waals surface area contributed by atoms with Gasteiger partial charge >= 0.3 is 0 Å². The van der Waals surface area contributed by atoms with Crippen molar-refractivity contribution in [2.75, 3.05) is 0 Å². The van der Waals surface area contributed by atoms with Crippen LogP contribution in [0.2, 0.25) is 0 Å². The van der Waals surface area contributed by atoms with Crippen molar-refractivity contribution in [3.05, 3.63) is 24.0 Å². The summed E-state index contributed by atoms with van der Waals surface area (Å²) in [6.07, 6.45) is 1.70. The minimum atomic E-state index is 0.778. The normalized spacial score (nSPS) is 17.9. The van der Waals surface area contributed by atoms with Crippen molar-refractivity contribution in [1.82, 2.24) is 0 Å². The molecule has 1 rings (SSSR count). The van der Waals surface area contributed by atoms with Crippen LogP contribution in [0.15, 0.2) is 34.3 Å². The minimum Gasteiger partial charge on any atom is -0.158 e. The standard InChI is InChI=1S/C5H6N2/c1-4-3-6-7-5(4)2/h3H,2H2,1H3. The fraction of sp³-hybridized carbons (Fsp3) is 0.200. The van der Waals surface area contributed by atoms with Crippen LogP contribution in [0.5, 0.6) is 0 Å². The average molecular weight is 94.1 g/mol. The zero-order valence-corrected chi connectivity index (χ0v) is 4.18. The zero-order chi connectivity index (χ0) is 5.28. The Kier molecular flexibility index (Phi) is 0.785. The van der Waals surface area contributed by atoms with Crippen LogP contribution < -0.4 is 0 Å². The maximum absolute atomic E-state index is 3.66. The van der Waals surface area contributed by atoms with Crippen LogP contribution in [0.4, 0.5) is 0 Å². The molecule has 36 valence electrons. The first-order chi connectivity index (χ1) is 3.30. The van der Waals surface area contributed by atoms with E-state index < -0.39 is 0 Å². The van der Waals surface area contributed by atoms with Crippen molar-refractivity contribution in [2.45, 2.75) is 6.92 Å². The quantitative estimate of drug-likeness (QED) is 0.437. The first kappa shape index (κ1) is 4.24. The molecule has 1 aliphatic rings. The third kappa shape index (κ3) is 0.585. The highest BCUT2D eigenvalue weighted by Crippen LogP contribution is 2.14. The highest BCUT2D eigenvalue weighted by atomic mass is 15.1. The molecule has 7 heavy (non-hydrogen) atoms. The molecule has 2 heteroatoms. The highest BCUT2D eigenvalue weighted by Gasteiger charge is 1.97. The van der Waals surface area contributed by atoms with E-state index in [1.54, 1.807) is 6.20 Å². The van der Waals surface area contributed by atoms with Crippen LogP contribution in [0, 0.1) is 0 Å². The maximum Gasteiger partial charge on any atom is 0.0830 e. The van der Waals surface area contributed by atoms with E-state index >= 15 is 0 Å². The molecule has 1 aliphatic heterocycles. The van der Waals surface area contributed by atoms with Crippen LogP contribution in [0.25, 0.3) is 0 Å². The van der Waals surface area contributed by atoms with Crippen molar-refractivity contribution in [2.24, 2.45) is 10.2 Å². The predicted molar refractivity (Wildman–Crippen MR) is 27.8 cm³/mol. The lowest BCUT2D eigenvalue weighted by molar-refractivity contribution is 1.23. The zero-order valence-electron chi connectivity index (χ0n) is 4.18. The van der Waals surface area contributed by atoms with Gasteiger partial charge in [0.25, 0.3) is 0 Å². The van der Waals surface area contributed by atoms with E-state index in [1.807, 2.05) is 6.92 Å². The van der Waals surface area contributed by atoms with Gasteiger partial charge in [0, 0.05) is 0 Å². The Balaban J connectivity index is 2.89. The molecule has 0 radical (unpaired) electrons. The molecule has 0 spiro atoms. The lowest BCUT2D eigenvalue weighted by Crippen LogP contribution is -1.67. The van der Waals surface area contributed by atoms with E-state index in [4.69, 9.17) is 0 Å². The summed E-state index contributed by atoms with van der Waals surface area (Å²) in [4.78, 5) is 0. The summed E-state index contributed by atoms with van der Waals surface area (Å²) in [6.45, 7) is 5.54. The molecular formula is C5H6N2. The number of hydrogen-bond acceptors (Lipinski definition) is 2. The fourth-order valence-electron chi connectivity index (χ4n) is 0.339. The Morgan fingerprint density at radius 1 is 1.71 bits per heavy atom. The number of azo groups is 1. The van der Waals surface area contributed by atoms with E-state index in [9.17, 15) is 0 Å². The average Bonchev–Trinajstić information content (AvgIpc) is 1.91. The summed E-state index contributed by atoms with van der Waals surface area (Å²) in [5.41, 5.74) is 1.83. The first-order valence-electron chi connectivity index (χ1n) is 2.07. The summed E-state index contributed by atoms with van der Waals surface area (Å²) >= 11 is 0. The van der Waals surface area contributed by atoms with Gasteiger partial charge in [-0.05, 0) is 12.5 Å². The van der Waals surface area contributed by atoms with Gasteiger partial charge in [0.15, 0.2) is 0 Å². The molecule has 0 saturated carbocycles.